The third kappa shape index (κ3) is 3.44. The number of amides is 1. The Hall–Kier alpha value is -3.47. The van der Waals surface area contributed by atoms with Gasteiger partial charge in [0, 0.05) is 16.9 Å². The quantitative estimate of drug-likeness (QED) is 0.472. The van der Waals surface area contributed by atoms with Crippen LogP contribution in [-0.4, -0.2) is 24.8 Å². The number of benzene rings is 2. The Kier molecular flexibility index (Phi) is 5.03. The normalized spacial score (nSPS) is 15.4. The van der Waals surface area contributed by atoms with Crippen LogP contribution < -0.4 is 4.90 Å². The summed E-state index contributed by atoms with van der Waals surface area (Å²) in [7, 11) is 1.28. The second-order valence-electron chi connectivity index (χ2n) is 6.17. The fraction of sp³-hybridized carbons (Fsp3) is 0.136. The zero-order chi connectivity index (χ0) is 19.6. The number of anilines is 1. The fourth-order valence-corrected chi connectivity index (χ4v) is 3.07. The van der Waals surface area contributed by atoms with E-state index in [0.717, 1.165) is 5.56 Å². The van der Waals surface area contributed by atoms with Crippen molar-refractivity contribution in [1.82, 2.24) is 0 Å². The number of methoxy groups -OCH3 is 1. The Morgan fingerprint density at radius 2 is 1.74 bits per heavy atom. The SMILES string of the molecule is COC(=O)C1=C(C)N(c2cccc(C(C)=O)c2)C(=O)/C1=C\c1ccccc1. The first-order valence-electron chi connectivity index (χ1n) is 8.45. The lowest BCUT2D eigenvalue weighted by atomic mass is 10.0. The molecule has 0 aliphatic carbocycles. The molecule has 1 aliphatic heterocycles. The van der Waals surface area contributed by atoms with Crippen molar-refractivity contribution in [2.75, 3.05) is 12.0 Å². The van der Waals surface area contributed by atoms with Crippen LogP contribution in [0.25, 0.3) is 6.08 Å². The maximum atomic E-state index is 13.2. The highest BCUT2D eigenvalue weighted by Gasteiger charge is 2.37. The molecule has 0 N–H and O–H groups in total. The molecule has 0 saturated heterocycles. The number of nitrogens with zero attached hydrogens (tertiary/aromatic N) is 1. The van der Waals surface area contributed by atoms with Gasteiger partial charge in [0.1, 0.15) is 0 Å². The summed E-state index contributed by atoms with van der Waals surface area (Å²) >= 11 is 0. The Balaban J connectivity index is 2.15. The van der Waals surface area contributed by atoms with E-state index in [0.29, 0.717) is 16.9 Å². The van der Waals surface area contributed by atoms with E-state index in [4.69, 9.17) is 4.74 Å². The molecule has 1 aliphatic rings. The first-order chi connectivity index (χ1) is 12.9. The van der Waals surface area contributed by atoms with Gasteiger partial charge in [-0.3, -0.25) is 14.5 Å². The molecule has 0 bridgehead atoms. The Morgan fingerprint density at radius 1 is 1.04 bits per heavy atom. The largest absolute Gasteiger partial charge is 0.465 e. The number of hydrogen-bond acceptors (Lipinski definition) is 4. The maximum Gasteiger partial charge on any atom is 0.340 e. The van der Waals surface area contributed by atoms with Gasteiger partial charge in [-0.25, -0.2) is 4.79 Å². The number of hydrogen-bond donors (Lipinski definition) is 0. The molecule has 1 amide bonds. The molecule has 0 atom stereocenters. The first kappa shape index (κ1) is 18.3. The summed E-state index contributed by atoms with van der Waals surface area (Å²) < 4.78 is 4.90. The topological polar surface area (TPSA) is 63.7 Å². The van der Waals surface area contributed by atoms with Crippen LogP contribution in [0.1, 0.15) is 29.8 Å². The van der Waals surface area contributed by atoms with Crippen LogP contribution in [0, 0.1) is 0 Å². The summed E-state index contributed by atoms with van der Waals surface area (Å²) in [5.41, 5.74) is 2.78. The van der Waals surface area contributed by atoms with Gasteiger partial charge in [0.05, 0.1) is 18.3 Å². The van der Waals surface area contributed by atoms with Crippen molar-refractivity contribution in [3.8, 4) is 0 Å². The molecule has 5 heteroatoms. The number of esters is 1. The van der Waals surface area contributed by atoms with Crippen LogP contribution in [0.2, 0.25) is 0 Å². The molecule has 2 aromatic rings. The van der Waals surface area contributed by atoms with E-state index >= 15 is 0 Å². The van der Waals surface area contributed by atoms with Gasteiger partial charge in [0.2, 0.25) is 0 Å². The minimum absolute atomic E-state index is 0.0987. The molecule has 0 spiro atoms. The van der Waals surface area contributed by atoms with E-state index < -0.39 is 5.97 Å². The lowest BCUT2D eigenvalue weighted by molar-refractivity contribution is -0.136. The first-order valence-corrected chi connectivity index (χ1v) is 8.45. The Labute approximate surface area is 157 Å². The summed E-state index contributed by atoms with van der Waals surface area (Å²) in [6.45, 7) is 3.16. The molecule has 3 rings (SSSR count). The number of Topliss-reactive ketones (excluding diaryl/α,β-unsaturated/α-hetero) is 1. The van der Waals surface area contributed by atoms with Crippen LogP contribution >= 0.6 is 0 Å². The molecule has 0 saturated carbocycles. The molecule has 0 radical (unpaired) electrons. The minimum atomic E-state index is -0.576. The highest BCUT2D eigenvalue weighted by molar-refractivity contribution is 6.24. The van der Waals surface area contributed by atoms with Crippen molar-refractivity contribution < 1.29 is 19.1 Å². The van der Waals surface area contributed by atoms with E-state index in [1.165, 1.54) is 18.9 Å². The molecule has 0 unspecified atom stereocenters. The third-order valence-electron chi connectivity index (χ3n) is 4.41. The predicted molar refractivity (Wildman–Crippen MR) is 103 cm³/mol. The molecule has 1 heterocycles. The number of allylic oxidation sites excluding steroid dienone is 1. The van der Waals surface area contributed by atoms with Crippen molar-refractivity contribution in [3.05, 3.63) is 82.6 Å². The molecule has 136 valence electrons. The van der Waals surface area contributed by atoms with Crippen molar-refractivity contribution >= 4 is 29.4 Å². The minimum Gasteiger partial charge on any atom is -0.465 e. The zero-order valence-corrected chi connectivity index (χ0v) is 15.4. The highest BCUT2D eigenvalue weighted by atomic mass is 16.5. The van der Waals surface area contributed by atoms with Gasteiger partial charge in [-0.1, -0.05) is 42.5 Å². The number of ketones is 1. The van der Waals surface area contributed by atoms with Crippen LogP contribution in [0.15, 0.2) is 71.4 Å². The van der Waals surface area contributed by atoms with Gasteiger partial charge in [0.15, 0.2) is 5.78 Å². The van der Waals surface area contributed by atoms with Gasteiger partial charge in [-0.15, -0.1) is 0 Å². The summed E-state index contributed by atoms with van der Waals surface area (Å²) in [4.78, 5) is 38.7. The number of ether oxygens (including phenoxy) is 1. The second kappa shape index (κ2) is 7.41. The van der Waals surface area contributed by atoms with Crippen LogP contribution in [0.5, 0.6) is 0 Å². The smallest absolute Gasteiger partial charge is 0.340 e. The Bertz CT molecular complexity index is 986. The molecular formula is C22H19NO4. The standard InChI is InChI=1S/C22H19NO4/c1-14-20(22(26)27-3)19(12-16-8-5-4-6-9-16)21(25)23(14)18-11-7-10-17(13-18)15(2)24/h4-13H,1-3H3/b19-12-. The van der Waals surface area contributed by atoms with E-state index in [1.807, 2.05) is 30.3 Å². The van der Waals surface area contributed by atoms with Crippen molar-refractivity contribution in [2.45, 2.75) is 13.8 Å². The monoisotopic (exact) mass is 361 g/mol. The van der Waals surface area contributed by atoms with Crippen molar-refractivity contribution in [1.29, 1.82) is 0 Å². The molecule has 0 fully saturated rings. The summed E-state index contributed by atoms with van der Waals surface area (Å²) in [5.74, 6) is -1.01. The second-order valence-corrected chi connectivity index (χ2v) is 6.17. The van der Waals surface area contributed by atoms with Gasteiger partial charge in [0.25, 0.3) is 5.91 Å². The molecule has 0 aromatic heterocycles. The number of rotatable bonds is 4. The van der Waals surface area contributed by atoms with E-state index in [-0.39, 0.29) is 22.8 Å². The van der Waals surface area contributed by atoms with Crippen molar-refractivity contribution in [3.63, 3.8) is 0 Å². The fourth-order valence-electron chi connectivity index (χ4n) is 3.07. The zero-order valence-electron chi connectivity index (χ0n) is 15.4. The van der Waals surface area contributed by atoms with Crippen molar-refractivity contribution in [2.24, 2.45) is 0 Å². The number of carbonyl (C=O) groups is 3. The van der Waals surface area contributed by atoms with Crippen LogP contribution in [0.3, 0.4) is 0 Å². The average Bonchev–Trinajstić information content (AvgIpc) is 2.92. The van der Waals surface area contributed by atoms with Crippen LogP contribution in [0.4, 0.5) is 5.69 Å². The summed E-state index contributed by atoms with van der Waals surface area (Å²) in [6, 6.07) is 16.1. The Morgan fingerprint density at radius 3 is 2.37 bits per heavy atom. The highest BCUT2D eigenvalue weighted by Crippen LogP contribution is 2.35. The van der Waals surface area contributed by atoms with Gasteiger partial charge < -0.3 is 4.74 Å². The lowest BCUT2D eigenvalue weighted by Crippen LogP contribution is -2.24. The summed E-state index contributed by atoms with van der Waals surface area (Å²) in [5, 5.41) is 0. The predicted octanol–water partition coefficient (Wildman–Crippen LogP) is 3.77. The molecular weight excluding hydrogens is 342 g/mol. The van der Waals surface area contributed by atoms with Crippen LogP contribution in [-0.2, 0) is 14.3 Å². The van der Waals surface area contributed by atoms with E-state index in [2.05, 4.69) is 0 Å². The van der Waals surface area contributed by atoms with E-state index in [1.54, 1.807) is 37.3 Å². The lowest BCUT2D eigenvalue weighted by Gasteiger charge is -2.18. The van der Waals surface area contributed by atoms with Gasteiger partial charge >= 0.3 is 5.97 Å². The average molecular weight is 361 g/mol. The molecule has 2 aromatic carbocycles. The third-order valence-corrected chi connectivity index (χ3v) is 4.41. The maximum absolute atomic E-state index is 13.2. The molecule has 27 heavy (non-hydrogen) atoms. The number of carbonyl (C=O) groups excluding carboxylic acids is 3. The van der Waals surface area contributed by atoms with Gasteiger partial charge in [-0.2, -0.15) is 0 Å². The van der Waals surface area contributed by atoms with E-state index in [9.17, 15) is 14.4 Å². The summed E-state index contributed by atoms with van der Waals surface area (Å²) in [6.07, 6.45) is 1.67. The van der Waals surface area contributed by atoms with Gasteiger partial charge in [-0.05, 0) is 37.6 Å². The molecule has 5 nitrogen and oxygen atoms in total.